The summed E-state index contributed by atoms with van der Waals surface area (Å²) in [6.45, 7) is 7.03. The van der Waals surface area contributed by atoms with Crippen LogP contribution >= 0.6 is 0 Å². The first-order valence-corrected chi connectivity index (χ1v) is 7.41. The van der Waals surface area contributed by atoms with Gasteiger partial charge in [-0.15, -0.1) is 0 Å². The molecule has 0 saturated heterocycles. The van der Waals surface area contributed by atoms with Crippen LogP contribution in [0, 0.1) is 11.3 Å². The number of esters is 3. The van der Waals surface area contributed by atoms with Gasteiger partial charge in [0.15, 0.2) is 5.41 Å². The number of carbonyl (C=O) groups is 3. The van der Waals surface area contributed by atoms with E-state index in [0.717, 1.165) is 5.57 Å². The van der Waals surface area contributed by atoms with E-state index in [1.165, 1.54) is 7.11 Å². The molecule has 6 heteroatoms. The minimum absolute atomic E-state index is 0.0920. The largest absolute Gasteiger partial charge is 0.468 e. The van der Waals surface area contributed by atoms with Crippen LogP contribution in [0.1, 0.15) is 40.5 Å². The van der Waals surface area contributed by atoms with Crippen LogP contribution in [0.15, 0.2) is 11.6 Å². The van der Waals surface area contributed by atoms with E-state index in [0.29, 0.717) is 0 Å². The number of hydrogen-bond donors (Lipinski definition) is 0. The van der Waals surface area contributed by atoms with Crippen LogP contribution in [-0.2, 0) is 28.6 Å². The van der Waals surface area contributed by atoms with Crippen molar-refractivity contribution in [2.24, 2.45) is 11.3 Å². The molecule has 2 atom stereocenters. The molecule has 0 aromatic heterocycles. The normalized spacial score (nSPS) is 24.5. The third-order valence-electron chi connectivity index (χ3n) is 3.68. The highest BCUT2D eigenvalue weighted by Crippen LogP contribution is 2.44. The van der Waals surface area contributed by atoms with Gasteiger partial charge in [0.2, 0.25) is 0 Å². The average Bonchev–Trinajstić information content (AvgIpc) is 2.45. The number of hydrogen-bond acceptors (Lipinski definition) is 6. The van der Waals surface area contributed by atoms with E-state index in [2.05, 4.69) is 0 Å². The van der Waals surface area contributed by atoms with Gasteiger partial charge in [-0.25, -0.2) is 0 Å². The Morgan fingerprint density at radius 1 is 1.32 bits per heavy atom. The van der Waals surface area contributed by atoms with E-state index in [-0.39, 0.29) is 19.4 Å². The van der Waals surface area contributed by atoms with Crippen molar-refractivity contribution in [3.05, 3.63) is 11.6 Å². The summed E-state index contributed by atoms with van der Waals surface area (Å²) in [5, 5.41) is 0. The van der Waals surface area contributed by atoms with Crippen molar-refractivity contribution >= 4 is 17.9 Å². The lowest BCUT2D eigenvalue weighted by Gasteiger charge is -2.37. The summed E-state index contributed by atoms with van der Waals surface area (Å²) >= 11 is 0. The molecule has 0 aromatic rings. The van der Waals surface area contributed by atoms with Gasteiger partial charge < -0.3 is 14.2 Å². The number of allylic oxidation sites excluding steroid dienone is 2. The molecule has 0 spiro atoms. The van der Waals surface area contributed by atoms with Crippen LogP contribution in [0.2, 0.25) is 0 Å². The number of rotatable bonds is 5. The Labute approximate surface area is 130 Å². The molecule has 0 unspecified atom stereocenters. The summed E-state index contributed by atoms with van der Waals surface area (Å²) in [6.07, 6.45) is 1.77. The first kappa shape index (κ1) is 18.2. The predicted octanol–water partition coefficient (Wildman–Crippen LogP) is 2.02. The summed E-state index contributed by atoms with van der Waals surface area (Å²) in [5.74, 6) is -3.02. The van der Waals surface area contributed by atoms with Crippen molar-refractivity contribution in [1.29, 1.82) is 0 Å². The smallest absolute Gasteiger partial charge is 0.324 e. The van der Waals surface area contributed by atoms with Gasteiger partial charge in [-0.2, -0.15) is 0 Å². The fourth-order valence-corrected chi connectivity index (χ4v) is 2.71. The highest BCUT2D eigenvalue weighted by atomic mass is 16.6. The quantitative estimate of drug-likeness (QED) is 0.334. The van der Waals surface area contributed by atoms with Gasteiger partial charge in [0.1, 0.15) is 0 Å². The zero-order valence-electron chi connectivity index (χ0n) is 13.8. The van der Waals surface area contributed by atoms with E-state index >= 15 is 0 Å². The van der Waals surface area contributed by atoms with Gasteiger partial charge in [-0.3, -0.25) is 14.4 Å². The van der Waals surface area contributed by atoms with Gasteiger partial charge in [-0.1, -0.05) is 11.6 Å². The van der Waals surface area contributed by atoms with E-state index in [1.807, 2.05) is 13.0 Å². The van der Waals surface area contributed by atoms with E-state index in [1.54, 1.807) is 20.8 Å². The molecule has 0 amide bonds. The molecule has 1 aliphatic carbocycles. The average molecular weight is 312 g/mol. The minimum Gasteiger partial charge on any atom is -0.468 e. The maximum Gasteiger partial charge on any atom is 0.324 e. The molecular formula is C16H24O6. The molecular weight excluding hydrogens is 288 g/mol. The number of methoxy groups -OCH3 is 1. The molecule has 0 bridgehead atoms. The highest BCUT2D eigenvalue weighted by Gasteiger charge is 2.59. The van der Waals surface area contributed by atoms with Crippen LogP contribution in [0.5, 0.6) is 0 Å². The second-order valence-corrected chi connectivity index (χ2v) is 5.68. The van der Waals surface area contributed by atoms with Crippen molar-refractivity contribution in [3.63, 3.8) is 0 Å². The van der Waals surface area contributed by atoms with Gasteiger partial charge in [0.25, 0.3) is 0 Å². The lowest BCUT2D eigenvalue weighted by molar-refractivity contribution is -0.185. The van der Waals surface area contributed by atoms with Gasteiger partial charge in [0.05, 0.1) is 25.7 Å². The Hall–Kier alpha value is -1.85. The fraction of sp³-hybridized carbons (Fsp3) is 0.688. The Morgan fingerprint density at radius 3 is 2.45 bits per heavy atom. The zero-order chi connectivity index (χ0) is 16.9. The van der Waals surface area contributed by atoms with Crippen LogP contribution < -0.4 is 0 Å². The SMILES string of the molecule is CCOC(=O)[C@H]1CC=C(C)C[C@@]1(C(=O)OC)C(=O)OC(C)C. The zero-order valence-corrected chi connectivity index (χ0v) is 13.8. The molecule has 0 N–H and O–H groups in total. The molecule has 0 aliphatic heterocycles. The molecule has 6 nitrogen and oxygen atoms in total. The van der Waals surface area contributed by atoms with Gasteiger partial charge >= 0.3 is 17.9 Å². The topological polar surface area (TPSA) is 78.9 Å². The molecule has 0 radical (unpaired) electrons. The Kier molecular flexibility index (Phi) is 6.14. The Bertz CT molecular complexity index is 479. The van der Waals surface area contributed by atoms with Crippen molar-refractivity contribution in [1.82, 2.24) is 0 Å². The Balaban J connectivity index is 3.33. The monoisotopic (exact) mass is 312 g/mol. The van der Waals surface area contributed by atoms with Gasteiger partial charge in [0, 0.05) is 0 Å². The maximum atomic E-state index is 12.6. The van der Waals surface area contributed by atoms with Crippen LogP contribution in [-0.4, -0.2) is 37.7 Å². The van der Waals surface area contributed by atoms with E-state index < -0.39 is 35.3 Å². The molecule has 0 aromatic carbocycles. The second-order valence-electron chi connectivity index (χ2n) is 5.68. The van der Waals surface area contributed by atoms with Crippen LogP contribution in [0.25, 0.3) is 0 Å². The third kappa shape index (κ3) is 3.48. The van der Waals surface area contributed by atoms with Gasteiger partial charge in [-0.05, 0) is 40.5 Å². The third-order valence-corrected chi connectivity index (χ3v) is 3.68. The van der Waals surface area contributed by atoms with Crippen molar-refractivity contribution < 1.29 is 28.6 Å². The van der Waals surface area contributed by atoms with Crippen molar-refractivity contribution in [3.8, 4) is 0 Å². The molecule has 1 aliphatic rings. The Morgan fingerprint density at radius 2 is 1.95 bits per heavy atom. The summed E-state index contributed by atoms with van der Waals surface area (Å²) in [6, 6.07) is 0. The molecule has 124 valence electrons. The van der Waals surface area contributed by atoms with E-state index in [4.69, 9.17) is 14.2 Å². The first-order valence-electron chi connectivity index (χ1n) is 7.41. The first-order chi connectivity index (χ1) is 10.3. The molecule has 0 fully saturated rings. The van der Waals surface area contributed by atoms with Crippen LogP contribution in [0.3, 0.4) is 0 Å². The number of ether oxygens (including phenoxy) is 3. The fourth-order valence-electron chi connectivity index (χ4n) is 2.71. The summed E-state index contributed by atoms with van der Waals surface area (Å²) in [7, 11) is 1.20. The maximum absolute atomic E-state index is 12.6. The minimum atomic E-state index is -1.68. The summed E-state index contributed by atoms with van der Waals surface area (Å²) in [5.41, 5.74) is -0.837. The predicted molar refractivity (Wildman–Crippen MR) is 78.8 cm³/mol. The summed E-state index contributed by atoms with van der Waals surface area (Å²) in [4.78, 5) is 37.3. The van der Waals surface area contributed by atoms with Crippen LogP contribution in [0.4, 0.5) is 0 Å². The lowest BCUT2D eigenvalue weighted by Crippen LogP contribution is -2.52. The molecule has 1 rings (SSSR count). The second kappa shape index (κ2) is 7.42. The van der Waals surface area contributed by atoms with E-state index in [9.17, 15) is 14.4 Å². The molecule has 0 heterocycles. The molecule has 0 saturated carbocycles. The standard InChI is InChI=1S/C16H24O6/c1-6-21-13(17)12-8-7-11(4)9-16(12,14(18)20-5)15(19)22-10(2)3/h7,10,12H,6,8-9H2,1-5H3/t12-,16-/m1/s1. The lowest BCUT2D eigenvalue weighted by atomic mass is 9.66. The van der Waals surface area contributed by atoms with Crippen molar-refractivity contribution in [2.45, 2.75) is 46.6 Å². The van der Waals surface area contributed by atoms with Crippen molar-refractivity contribution in [2.75, 3.05) is 13.7 Å². The number of carbonyl (C=O) groups excluding carboxylic acids is 3. The molecule has 22 heavy (non-hydrogen) atoms. The highest BCUT2D eigenvalue weighted by molar-refractivity contribution is 6.04. The summed E-state index contributed by atoms with van der Waals surface area (Å²) < 4.78 is 15.1.